The van der Waals surface area contributed by atoms with E-state index in [-0.39, 0.29) is 17.9 Å². The highest BCUT2D eigenvalue weighted by molar-refractivity contribution is 5.76. The number of nitrogens with zero attached hydrogens (tertiary/aromatic N) is 2. The summed E-state index contributed by atoms with van der Waals surface area (Å²) >= 11 is 0. The maximum absolute atomic E-state index is 11.5. The molecule has 0 aliphatic rings. The highest BCUT2D eigenvalue weighted by Crippen LogP contribution is 2.08. The van der Waals surface area contributed by atoms with Crippen molar-refractivity contribution in [2.45, 2.75) is 32.7 Å². The summed E-state index contributed by atoms with van der Waals surface area (Å²) in [4.78, 5) is 19.2. The minimum Gasteiger partial charge on any atom is -0.383 e. The van der Waals surface area contributed by atoms with Crippen LogP contribution in [0.4, 0.5) is 17.6 Å². The SMILES string of the molecule is CCC(C)NC(=O)CCNc1cc(N)nc(N)n1. The fourth-order valence-electron chi connectivity index (χ4n) is 1.33. The maximum Gasteiger partial charge on any atom is 0.223 e. The van der Waals surface area contributed by atoms with E-state index in [1.807, 2.05) is 13.8 Å². The molecule has 1 aromatic heterocycles. The molecule has 6 N–H and O–H groups in total. The molecule has 100 valence electrons. The number of nitrogens with two attached hydrogens (primary N) is 2. The van der Waals surface area contributed by atoms with Crippen LogP contribution in [0, 0.1) is 0 Å². The monoisotopic (exact) mass is 252 g/mol. The summed E-state index contributed by atoms with van der Waals surface area (Å²) in [6, 6.07) is 1.77. The molecule has 1 unspecified atom stereocenters. The average molecular weight is 252 g/mol. The van der Waals surface area contributed by atoms with E-state index in [4.69, 9.17) is 11.5 Å². The second kappa shape index (κ2) is 6.63. The lowest BCUT2D eigenvalue weighted by Crippen LogP contribution is -2.33. The van der Waals surface area contributed by atoms with E-state index >= 15 is 0 Å². The van der Waals surface area contributed by atoms with Crippen LogP contribution in [0.15, 0.2) is 6.07 Å². The van der Waals surface area contributed by atoms with Crippen molar-refractivity contribution in [1.29, 1.82) is 0 Å². The van der Waals surface area contributed by atoms with Crippen LogP contribution in [0.2, 0.25) is 0 Å². The third kappa shape index (κ3) is 4.86. The number of nitrogens with one attached hydrogen (secondary N) is 2. The lowest BCUT2D eigenvalue weighted by molar-refractivity contribution is -0.121. The van der Waals surface area contributed by atoms with Crippen LogP contribution in [-0.2, 0) is 4.79 Å². The minimum absolute atomic E-state index is 0.00634. The van der Waals surface area contributed by atoms with Gasteiger partial charge in [0.1, 0.15) is 11.6 Å². The van der Waals surface area contributed by atoms with Gasteiger partial charge in [-0.2, -0.15) is 9.97 Å². The molecular weight excluding hydrogens is 232 g/mol. The molecule has 18 heavy (non-hydrogen) atoms. The highest BCUT2D eigenvalue weighted by atomic mass is 16.1. The topological polar surface area (TPSA) is 119 Å². The third-order valence-corrected chi connectivity index (χ3v) is 2.44. The first-order valence-corrected chi connectivity index (χ1v) is 5.94. The summed E-state index contributed by atoms with van der Waals surface area (Å²) < 4.78 is 0. The summed E-state index contributed by atoms with van der Waals surface area (Å²) in [6.45, 7) is 4.46. The number of carbonyl (C=O) groups excluding carboxylic acids is 1. The summed E-state index contributed by atoms with van der Waals surface area (Å²) in [5.74, 6) is 0.943. The van der Waals surface area contributed by atoms with Crippen LogP contribution in [0.1, 0.15) is 26.7 Å². The lowest BCUT2D eigenvalue weighted by Gasteiger charge is -2.11. The van der Waals surface area contributed by atoms with Gasteiger partial charge in [0.15, 0.2) is 0 Å². The minimum atomic E-state index is 0.00634. The maximum atomic E-state index is 11.5. The van der Waals surface area contributed by atoms with Crippen molar-refractivity contribution < 1.29 is 4.79 Å². The van der Waals surface area contributed by atoms with Gasteiger partial charge in [-0.15, -0.1) is 0 Å². The molecule has 1 amide bonds. The first-order chi connectivity index (χ1) is 8.51. The molecule has 0 saturated carbocycles. The molecule has 0 aliphatic heterocycles. The molecule has 1 aromatic rings. The van der Waals surface area contributed by atoms with Crippen molar-refractivity contribution in [2.24, 2.45) is 0 Å². The van der Waals surface area contributed by atoms with Crippen molar-refractivity contribution in [1.82, 2.24) is 15.3 Å². The van der Waals surface area contributed by atoms with E-state index < -0.39 is 0 Å². The van der Waals surface area contributed by atoms with Gasteiger partial charge in [-0.25, -0.2) is 0 Å². The van der Waals surface area contributed by atoms with E-state index in [0.29, 0.717) is 24.6 Å². The molecule has 7 nitrogen and oxygen atoms in total. The second-order valence-corrected chi connectivity index (χ2v) is 4.09. The van der Waals surface area contributed by atoms with Gasteiger partial charge in [0.25, 0.3) is 0 Å². The Labute approximate surface area is 106 Å². The smallest absolute Gasteiger partial charge is 0.223 e. The predicted molar refractivity (Wildman–Crippen MR) is 71.9 cm³/mol. The fraction of sp³-hybridized carbons (Fsp3) is 0.545. The zero-order valence-corrected chi connectivity index (χ0v) is 10.7. The Morgan fingerprint density at radius 3 is 2.78 bits per heavy atom. The molecule has 1 heterocycles. The van der Waals surface area contributed by atoms with Crippen molar-refractivity contribution in [3.8, 4) is 0 Å². The fourth-order valence-corrected chi connectivity index (χ4v) is 1.33. The number of nitrogen functional groups attached to an aromatic ring is 2. The number of hydrogen-bond donors (Lipinski definition) is 4. The van der Waals surface area contributed by atoms with Gasteiger partial charge in [0, 0.05) is 25.1 Å². The standard InChI is InChI=1S/C11H20N6O/c1-3-7(2)15-10(18)4-5-14-9-6-8(12)16-11(13)17-9/h6-7H,3-5H2,1-2H3,(H,15,18)(H5,12,13,14,16,17). The molecule has 0 spiro atoms. The molecule has 0 aromatic carbocycles. The first kappa shape index (κ1) is 14.0. The second-order valence-electron chi connectivity index (χ2n) is 4.09. The van der Waals surface area contributed by atoms with E-state index in [1.54, 1.807) is 6.07 Å². The summed E-state index contributed by atoms with van der Waals surface area (Å²) in [5.41, 5.74) is 11.0. The molecule has 1 rings (SSSR count). The van der Waals surface area contributed by atoms with Gasteiger partial charge < -0.3 is 22.1 Å². The summed E-state index contributed by atoms with van der Waals surface area (Å²) in [6.07, 6.45) is 1.28. The number of rotatable bonds is 6. The molecule has 0 fully saturated rings. The summed E-state index contributed by atoms with van der Waals surface area (Å²) in [7, 11) is 0. The van der Waals surface area contributed by atoms with Gasteiger partial charge in [0.05, 0.1) is 0 Å². The quantitative estimate of drug-likeness (QED) is 0.580. The van der Waals surface area contributed by atoms with E-state index in [1.165, 1.54) is 0 Å². The molecule has 0 radical (unpaired) electrons. The van der Waals surface area contributed by atoms with Crippen molar-refractivity contribution >= 4 is 23.5 Å². The third-order valence-electron chi connectivity index (χ3n) is 2.44. The molecule has 0 saturated heterocycles. The molecular formula is C11H20N6O. The number of aromatic nitrogens is 2. The van der Waals surface area contributed by atoms with Gasteiger partial charge >= 0.3 is 0 Å². The van der Waals surface area contributed by atoms with Crippen LogP contribution in [0.5, 0.6) is 0 Å². The Morgan fingerprint density at radius 2 is 2.17 bits per heavy atom. The molecule has 1 atom stereocenters. The van der Waals surface area contributed by atoms with Crippen LogP contribution >= 0.6 is 0 Å². The number of amides is 1. The Kier molecular flexibility index (Phi) is 5.16. The van der Waals surface area contributed by atoms with E-state index in [0.717, 1.165) is 6.42 Å². The van der Waals surface area contributed by atoms with Crippen molar-refractivity contribution in [2.75, 3.05) is 23.3 Å². The molecule has 7 heteroatoms. The number of hydrogen-bond acceptors (Lipinski definition) is 6. The van der Waals surface area contributed by atoms with Crippen molar-refractivity contribution in [3.05, 3.63) is 6.07 Å². The Morgan fingerprint density at radius 1 is 1.44 bits per heavy atom. The van der Waals surface area contributed by atoms with Crippen LogP contribution in [0.3, 0.4) is 0 Å². The van der Waals surface area contributed by atoms with Crippen LogP contribution < -0.4 is 22.1 Å². The van der Waals surface area contributed by atoms with Gasteiger partial charge in [-0.1, -0.05) is 6.92 Å². The Balaban J connectivity index is 2.35. The zero-order chi connectivity index (χ0) is 13.5. The number of carbonyl (C=O) groups is 1. The number of anilines is 3. The average Bonchev–Trinajstić information content (AvgIpc) is 2.27. The summed E-state index contributed by atoms with van der Waals surface area (Å²) in [5, 5.41) is 5.85. The molecule has 0 aliphatic carbocycles. The Bertz CT molecular complexity index is 388. The zero-order valence-electron chi connectivity index (χ0n) is 10.7. The van der Waals surface area contributed by atoms with Gasteiger partial charge in [-0.05, 0) is 13.3 Å². The lowest BCUT2D eigenvalue weighted by atomic mass is 10.2. The van der Waals surface area contributed by atoms with Crippen molar-refractivity contribution in [3.63, 3.8) is 0 Å². The van der Waals surface area contributed by atoms with E-state index in [9.17, 15) is 4.79 Å². The highest BCUT2D eigenvalue weighted by Gasteiger charge is 2.05. The Hall–Kier alpha value is -2.05. The van der Waals surface area contributed by atoms with Gasteiger partial charge in [-0.3, -0.25) is 4.79 Å². The predicted octanol–water partition coefficient (Wildman–Crippen LogP) is 0.358. The van der Waals surface area contributed by atoms with Crippen LogP contribution in [-0.4, -0.2) is 28.5 Å². The normalized spacial score (nSPS) is 11.9. The van der Waals surface area contributed by atoms with E-state index in [2.05, 4.69) is 20.6 Å². The van der Waals surface area contributed by atoms with Gasteiger partial charge in [0.2, 0.25) is 11.9 Å². The molecule has 0 bridgehead atoms. The van der Waals surface area contributed by atoms with Crippen LogP contribution in [0.25, 0.3) is 0 Å². The largest absolute Gasteiger partial charge is 0.383 e. The first-order valence-electron chi connectivity index (χ1n) is 5.94.